The summed E-state index contributed by atoms with van der Waals surface area (Å²) in [5.41, 5.74) is 0. The molecule has 1 amide bonds. The maximum Gasteiger partial charge on any atom is 0.236 e. The topological polar surface area (TPSA) is 38.8 Å². The highest BCUT2D eigenvalue weighted by Crippen LogP contribution is 2.16. The predicted octanol–water partition coefficient (Wildman–Crippen LogP) is 0.0819. The molecular weight excluding hydrogens is 252 g/mol. The summed E-state index contributed by atoms with van der Waals surface area (Å²) in [5, 5.41) is 3.43. The number of hydrogen-bond donors (Lipinski definition) is 1. The van der Waals surface area contributed by atoms with E-state index in [4.69, 9.17) is 0 Å². The van der Waals surface area contributed by atoms with Crippen LogP contribution in [0, 0.1) is 5.92 Å². The Kier molecular flexibility index (Phi) is 6.26. The second kappa shape index (κ2) is 7.96. The minimum Gasteiger partial charge on any atom is -0.339 e. The molecule has 5 nitrogen and oxygen atoms in total. The highest BCUT2D eigenvalue weighted by molar-refractivity contribution is 5.78. The van der Waals surface area contributed by atoms with Crippen molar-refractivity contribution in [2.24, 2.45) is 5.92 Å². The third-order valence-electron chi connectivity index (χ3n) is 4.61. The standard InChI is InChI=1S/C15H30N4O/c1-3-16-12-14-4-6-18(7-5-14)13-15(20)19-10-8-17(2)9-11-19/h14,16H,3-13H2,1-2H3. The molecular formula is C15H30N4O. The molecule has 2 saturated heterocycles. The lowest BCUT2D eigenvalue weighted by molar-refractivity contribution is -0.134. The van der Waals surface area contributed by atoms with E-state index in [0.29, 0.717) is 12.5 Å². The van der Waals surface area contributed by atoms with Crippen LogP contribution < -0.4 is 5.32 Å². The van der Waals surface area contributed by atoms with Crippen LogP contribution in [0.4, 0.5) is 0 Å². The maximum atomic E-state index is 12.3. The van der Waals surface area contributed by atoms with E-state index in [1.54, 1.807) is 0 Å². The van der Waals surface area contributed by atoms with Crippen LogP contribution >= 0.6 is 0 Å². The van der Waals surface area contributed by atoms with Gasteiger partial charge in [-0.05, 0) is 52.0 Å². The average Bonchev–Trinajstić information content (AvgIpc) is 2.47. The molecule has 20 heavy (non-hydrogen) atoms. The van der Waals surface area contributed by atoms with Gasteiger partial charge in [0.2, 0.25) is 5.91 Å². The molecule has 0 spiro atoms. The SMILES string of the molecule is CCNCC1CCN(CC(=O)N2CCN(C)CC2)CC1. The monoisotopic (exact) mass is 282 g/mol. The van der Waals surface area contributed by atoms with E-state index < -0.39 is 0 Å². The molecule has 0 saturated carbocycles. The summed E-state index contributed by atoms with van der Waals surface area (Å²) >= 11 is 0. The highest BCUT2D eigenvalue weighted by Gasteiger charge is 2.24. The summed E-state index contributed by atoms with van der Waals surface area (Å²) in [4.78, 5) is 18.9. The lowest BCUT2D eigenvalue weighted by atomic mass is 9.97. The predicted molar refractivity (Wildman–Crippen MR) is 81.8 cm³/mol. The van der Waals surface area contributed by atoms with Crippen molar-refractivity contribution in [1.82, 2.24) is 20.0 Å². The molecule has 0 radical (unpaired) electrons. The van der Waals surface area contributed by atoms with Crippen molar-refractivity contribution in [1.29, 1.82) is 0 Å². The molecule has 2 heterocycles. The van der Waals surface area contributed by atoms with Crippen molar-refractivity contribution < 1.29 is 4.79 Å². The number of carbonyl (C=O) groups is 1. The van der Waals surface area contributed by atoms with E-state index >= 15 is 0 Å². The van der Waals surface area contributed by atoms with Gasteiger partial charge in [-0.2, -0.15) is 0 Å². The zero-order valence-corrected chi connectivity index (χ0v) is 13.1. The Labute approximate surface area is 123 Å². The van der Waals surface area contributed by atoms with Gasteiger partial charge in [0.1, 0.15) is 0 Å². The molecule has 0 aromatic carbocycles. The Morgan fingerprint density at radius 3 is 2.35 bits per heavy atom. The first-order valence-electron chi connectivity index (χ1n) is 8.08. The molecule has 2 aliphatic rings. The van der Waals surface area contributed by atoms with Crippen molar-refractivity contribution in [2.75, 3.05) is 66.0 Å². The molecule has 0 aliphatic carbocycles. The lowest BCUT2D eigenvalue weighted by Gasteiger charge is -2.36. The average molecular weight is 282 g/mol. The molecule has 2 rings (SSSR count). The molecule has 1 N–H and O–H groups in total. The van der Waals surface area contributed by atoms with E-state index in [2.05, 4.69) is 29.1 Å². The van der Waals surface area contributed by atoms with E-state index in [-0.39, 0.29) is 0 Å². The fourth-order valence-electron chi connectivity index (χ4n) is 3.04. The van der Waals surface area contributed by atoms with Gasteiger partial charge in [0.25, 0.3) is 0 Å². The molecule has 0 bridgehead atoms. The summed E-state index contributed by atoms with van der Waals surface area (Å²) < 4.78 is 0. The van der Waals surface area contributed by atoms with Crippen LogP contribution in [0.15, 0.2) is 0 Å². The number of hydrogen-bond acceptors (Lipinski definition) is 4. The van der Waals surface area contributed by atoms with Gasteiger partial charge in [-0.25, -0.2) is 0 Å². The number of piperazine rings is 1. The van der Waals surface area contributed by atoms with Gasteiger partial charge in [-0.1, -0.05) is 6.92 Å². The number of amides is 1. The Balaban J connectivity index is 1.66. The Bertz CT molecular complexity index is 294. The third kappa shape index (κ3) is 4.72. The quantitative estimate of drug-likeness (QED) is 0.775. The van der Waals surface area contributed by atoms with Crippen molar-refractivity contribution in [3.05, 3.63) is 0 Å². The number of likely N-dealkylation sites (tertiary alicyclic amines) is 1. The molecule has 0 aromatic heterocycles. The molecule has 2 fully saturated rings. The minimum atomic E-state index is 0.322. The van der Waals surface area contributed by atoms with Crippen LogP contribution in [0.3, 0.4) is 0 Å². The number of likely N-dealkylation sites (N-methyl/N-ethyl adjacent to an activating group) is 1. The Morgan fingerprint density at radius 2 is 1.75 bits per heavy atom. The van der Waals surface area contributed by atoms with E-state index in [9.17, 15) is 4.79 Å². The summed E-state index contributed by atoms with van der Waals surface area (Å²) in [7, 11) is 2.12. The van der Waals surface area contributed by atoms with Crippen molar-refractivity contribution in [2.45, 2.75) is 19.8 Å². The fourth-order valence-corrected chi connectivity index (χ4v) is 3.04. The maximum absolute atomic E-state index is 12.3. The fraction of sp³-hybridized carbons (Fsp3) is 0.933. The van der Waals surface area contributed by atoms with Crippen LogP contribution in [-0.4, -0.2) is 86.6 Å². The largest absolute Gasteiger partial charge is 0.339 e. The minimum absolute atomic E-state index is 0.322. The lowest BCUT2D eigenvalue weighted by Crippen LogP contribution is -2.51. The van der Waals surface area contributed by atoms with E-state index in [1.807, 2.05) is 4.90 Å². The first-order chi connectivity index (χ1) is 9.69. The number of rotatable bonds is 5. The molecule has 0 aromatic rings. The number of nitrogens with zero attached hydrogens (tertiary/aromatic N) is 3. The van der Waals surface area contributed by atoms with Gasteiger partial charge in [0.05, 0.1) is 6.54 Å². The van der Waals surface area contributed by atoms with Gasteiger partial charge >= 0.3 is 0 Å². The smallest absolute Gasteiger partial charge is 0.236 e. The molecule has 116 valence electrons. The van der Waals surface area contributed by atoms with Gasteiger partial charge in [-0.15, -0.1) is 0 Å². The van der Waals surface area contributed by atoms with Crippen molar-refractivity contribution >= 4 is 5.91 Å². The van der Waals surface area contributed by atoms with Crippen LogP contribution in [0.25, 0.3) is 0 Å². The van der Waals surface area contributed by atoms with Crippen molar-refractivity contribution in [3.8, 4) is 0 Å². The Morgan fingerprint density at radius 1 is 1.10 bits per heavy atom. The number of nitrogens with one attached hydrogen (secondary N) is 1. The van der Waals surface area contributed by atoms with E-state index in [0.717, 1.165) is 58.3 Å². The summed E-state index contributed by atoms with van der Waals surface area (Å²) in [6.07, 6.45) is 2.45. The summed E-state index contributed by atoms with van der Waals surface area (Å²) in [6.45, 7) is 10.9. The summed E-state index contributed by atoms with van der Waals surface area (Å²) in [6, 6.07) is 0. The van der Waals surface area contributed by atoms with Gasteiger partial charge in [0, 0.05) is 26.2 Å². The Hall–Kier alpha value is -0.650. The normalized spacial score (nSPS) is 23.2. The summed E-state index contributed by atoms with van der Waals surface area (Å²) in [5.74, 6) is 1.12. The number of piperidine rings is 1. The van der Waals surface area contributed by atoms with Crippen LogP contribution in [0.5, 0.6) is 0 Å². The second-order valence-electron chi connectivity index (χ2n) is 6.21. The van der Waals surface area contributed by atoms with Crippen LogP contribution in [0.2, 0.25) is 0 Å². The molecule has 2 aliphatic heterocycles. The first kappa shape index (κ1) is 15.7. The van der Waals surface area contributed by atoms with Crippen LogP contribution in [0.1, 0.15) is 19.8 Å². The first-order valence-corrected chi connectivity index (χ1v) is 8.08. The van der Waals surface area contributed by atoms with E-state index in [1.165, 1.54) is 12.8 Å². The highest BCUT2D eigenvalue weighted by atomic mass is 16.2. The molecule has 0 atom stereocenters. The third-order valence-corrected chi connectivity index (χ3v) is 4.61. The second-order valence-corrected chi connectivity index (χ2v) is 6.21. The molecule has 0 unspecified atom stereocenters. The zero-order chi connectivity index (χ0) is 14.4. The van der Waals surface area contributed by atoms with Gasteiger partial charge < -0.3 is 15.1 Å². The van der Waals surface area contributed by atoms with Crippen molar-refractivity contribution in [3.63, 3.8) is 0 Å². The van der Waals surface area contributed by atoms with Gasteiger partial charge in [-0.3, -0.25) is 9.69 Å². The van der Waals surface area contributed by atoms with Crippen LogP contribution in [-0.2, 0) is 4.79 Å². The van der Waals surface area contributed by atoms with Gasteiger partial charge in [0.15, 0.2) is 0 Å². The number of carbonyl (C=O) groups excluding carboxylic acids is 1. The zero-order valence-electron chi connectivity index (χ0n) is 13.1. The molecule has 5 heteroatoms.